The highest BCUT2D eigenvalue weighted by molar-refractivity contribution is 5.78. The molecule has 1 aliphatic carbocycles. The second-order valence-electron chi connectivity index (χ2n) is 3.58. The molecule has 0 saturated heterocycles. The number of terminal acetylenes is 1. The smallest absolute Gasteiger partial charge is 0.223 e. The molecule has 0 aromatic rings. The molecule has 0 unspecified atom stereocenters. The van der Waals surface area contributed by atoms with Crippen LogP contribution in [0.5, 0.6) is 0 Å². The first-order valence-corrected chi connectivity index (χ1v) is 5.06. The fourth-order valence-corrected chi connectivity index (χ4v) is 1.77. The zero-order chi connectivity index (χ0) is 9.52. The molecule has 0 atom stereocenters. The van der Waals surface area contributed by atoms with Crippen molar-refractivity contribution in [1.82, 2.24) is 5.32 Å². The van der Waals surface area contributed by atoms with E-state index in [-0.39, 0.29) is 11.8 Å². The van der Waals surface area contributed by atoms with E-state index in [9.17, 15) is 4.79 Å². The third kappa shape index (κ3) is 3.50. The summed E-state index contributed by atoms with van der Waals surface area (Å²) >= 11 is 0. The van der Waals surface area contributed by atoms with Gasteiger partial charge in [0.2, 0.25) is 5.91 Å². The van der Waals surface area contributed by atoms with E-state index in [0.29, 0.717) is 13.0 Å². The Kier molecular flexibility index (Phi) is 4.39. The van der Waals surface area contributed by atoms with Crippen LogP contribution in [-0.4, -0.2) is 12.5 Å². The highest BCUT2D eigenvalue weighted by Gasteiger charge is 2.19. The maximum atomic E-state index is 11.5. The predicted molar refractivity (Wildman–Crippen MR) is 53.0 cm³/mol. The summed E-state index contributed by atoms with van der Waals surface area (Å²) in [5.74, 6) is 2.97. The van der Waals surface area contributed by atoms with Gasteiger partial charge in [0.05, 0.1) is 0 Å². The highest BCUT2D eigenvalue weighted by Crippen LogP contribution is 2.23. The number of rotatable bonds is 3. The van der Waals surface area contributed by atoms with Gasteiger partial charge in [0.25, 0.3) is 0 Å². The molecule has 0 aromatic heterocycles. The largest absolute Gasteiger partial charge is 0.355 e. The van der Waals surface area contributed by atoms with Crippen LogP contribution in [0.1, 0.15) is 38.5 Å². The van der Waals surface area contributed by atoms with Crippen LogP contribution in [0.4, 0.5) is 0 Å². The quantitative estimate of drug-likeness (QED) is 0.518. The van der Waals surface area contributed by atoms with Crippen LogP contribution >= 0.6 is 0 Å². The third-order valence-corrected chi connectivity index (χ3v) is 2.54. The lowest BCUT2D eigenvalue weighted by Crippen LogP contribution is -2.32. The summed E-state index contributed by atoms with van der Waals surface area (Å²) in [6.07, 6.45) is 11.5. The maximum absolute atomic E-state index is 11.5. The lowest BCUT2D eigenvalue weighted by molar-refractivity contribution is -0.125. The van der Waals surface area contributed by atoms with Crippen molar-refractivity contribution in [3.05, 3.63) is 0 Å². The van der Waals surface area contributed by atoms with Crippen LogP contribution in [0.15, 0.2) is 0 Å². The van der Waals surface area contributed by atoms with Gasteiger partial charge in [0, 0.05) is 18.9 Å². The first-order chi connectivity index (χ1) is 6.34. The van der Waals surface area contributed by atoms with Crippen molar-refractivity contribution in [2.24, 2.45) is 5.92 Å². The average molecular weight is 179 g/mol. The standard InChI is InChI=1S/C11H17NO/c1-2-3-9-12-11(13)10-7-5-4-6-8-10/h1,10H,3-9H2,(H,12,13). The minimum absolute atomic E-state index is 0.204. The Labute approximate surface area is 80.1 Å². The molecule has 0 heterocycles. The van der Waals surface area contributed by atoms with Crippen molar-refractivity contribution in [2.75, 3.05) is 6.54 Å². The zero-order valence-electron chi connectivity index (χ0n) is 8.01. The van der Waals surface area contributed by atoms with E-state index >= 15 is 0 Å². The van der Waals surface area contributed by atoms with Crippen LogP contribution in [0.25, 0.3) is 0 Å². The lowest BCUT2D eigenvalue weighted by Gasteiger charge is -2.20. The van der Waals surface area contributed by atoms with Crippen LogP contribution in [0.2, 0.25) is 0 Å². The van der Waals surface area contributed by atoms with E-state index in [1.807, 2.05) is 0 Å². The maximum Gasteiger partial charge on any atom is 0.223 e. The van der Waals surface area contributed by atoms with Gasteiger partial charge in [0.15, 0.2) is 0 Å². The Bertz CT molecular complexity index is 199. The Morgan fingerprint density at radius 1 is 1.38 bits per heavy atom. The molecule has 1 amide bonds. The number of carbonyl (C=O) groups excluding carboxylic acids is 1. The molecule has 0 aromatic carbocycles. The number of nitrogens with one attached hydrogen (secondary N) is 1. The normalized spacial score (nSPS) is 17.8. The molecular formula is C11H17NO. The van der Waals surface area contributed by atoms with Crippen LogP contribution in [0.3, 0.4) is 0 Å². The van der Waals surface area contributed by atoms with Crippen molar-refractivity contribution < 1.29 is 4.79 Å². The van der Waals surface area contributed by atoms with Gasteiger partial charge in [-0.25, -0.2) is 0 Å². The molecule has 1 rings (SSSR count). The van der Waals surface area contributed by atoms with Gasteiger partial charge in [-0.3, -0.25) is 4.79 Å². The second kappa shape index (κ2) is 5.64. The van der Waals surface area contributed by atoms with E-state index < -0.39 is 0 Å². The van der Waals surface area contributed by atoms with Crippen molar-refractivity contribution in [3.8, 4) is 12.3 Å². The molecule has 2 heteroatoms. The first kappa shape index (κ1) is 10.1. The second-order valence-corrected chi connectivity index (χ2v) is 3.58. The summed E-state index contributed by atoms with van der Waals surface area (Å²) in [7, 11) is 0. The van der Waals surface area contributed by atoms with Crippen molar-refractivity contribution in [3.63, 3.8) is 0 Å². The average Bonchev–Trinajstić information content (AvgIpc) is 2.19. The minimum atomic E-state index is 0.204. The van der Waals surface area contributed by atoms with E-state index in [0.717, 1.165) is 12.8 Å². The topological polar surface area (TPSA) is 29.1 Å². The van der Waals surface area contributed by atoms with Crippen molar-refractivity contribution >= 4 is 5.91 Å². The summed E-state index contributed by atoms with van der Waals surface area (Å²) in [5, 5.41) is 2.87. The molecule has 0 bridgehead atoms. The number of carbonyl (C=O) groups is 1. The molecule has 2 nitrogen and oxygen atoms in total. The summed E-state index contributed by atoms with van der Waals surface area (Å²) in [6.45, 7) is 0.631. The molecule has 1 fully saturated rings. The van der Waals surface area contributed by atoms with Gasteiger partial charge in [-0.2, -0.15) is 0 Å². The SMILES string of the molecule is C#CCCNC(=O)C1CCCCC1. The first-order valence-electron chi connectivity index (χ1n) is 5.06. The molecule has 0 spiro atoms. The van der Waals surface area contributed by atoms with E-state index in [1.54, 1.807) is 0 Å². The summed E-state index contributed by atoms with van der Waals surface area (Å²) < 4.78 is 0. The Morgan fingerprint density at radius 2 is 2.08 bits per heavy atom. The van der Waals surface area contributed by atoms with E-state index in [2.05, 4.69) is 11.2 Å². The van der Waals surface area contributed by atoms with Gasteiger partial charge in [-0.05, 0) is 12.8 Å². The van der Waals surface area contributed by atoms with E-state index in [4.69, 9.17) is 6.42 Å². The Hall–Kier alpha value is -0.970. The summed E-state index contributed by atoms with van der Waals surface area (Å²) in [5.41, 5.74) is 0. The molecule has 0 radical (unpaired) electrons. The van der Waals surface area contributed by atoms with Crippen LogP contribution < -0.4 is 5.32 Å². The summed E-state index contributed by atoms with van der Waals surface area (Å²) in [6, 6.07) is 0. The Morgan fingerprint density at radius 3 is 2.69 bits per heavy atom. The molecule has 13 heavy (non-hydrogen) atoms. The van der Waals surface area contributed by atoms with Gasteiger partial charge < -0.3 is 5.32 Å². The molecule has 0 aliphatic heterocycles. The van der Waals surface area contributed by atoms with Crippen LogP contribution in [0, 0.1) is 18.3 Å². The van der Waals surface area contributed by atoms with Crippen molar-refractivity contribution in [2.45, 2.75) is 38.5 Å². The zero-order valence-corrected chi connectivity index (χ0v) is 8.01. The number of amides is 1. The molecule has 1 aliphatic rings. The third-order valence-electron chi connectivity index (χ3n) is 2.54. The monoisotopic (exact) mass is 179 g/mol. The van der Waals surface area contributed by atoms with Crippen LogP contribution in [-0.2, 0) is 4.79 Å². The highest BCUT2D eigenvalue weighted by atomic mass is 16.1. The number of hydrogen-bond donors (Lipinski definition) is 1. The minimum Gasteiger partial charge on any atom is -0.355 e. The number of hydrogen-bond acceptors (Lipinski definition) is 1. The fourth-order valence-electron chi connectivity index (χ4n) is 1.77. The van der Waals surface area contributed by atoms with Gasteiger partial charge in [-0.1, -0.05) is 19.3 Å². The predicted octanol–water partition coefficient (Wildman–Crippen LogP) is 1.71. The molecule has 72 valence electrons. The van der Waals surface area contributed by atoms with E-state index in [1.165, 1.54) is 19.3 Å². The molecular weight excluding hydrogens is 162 g/mol. The van der Waals surface area contributed by atoms with Crippen molar-refractivity contribution in [1.29, 1.82) is 0 Å². The molecule has 1 saturated carbocycles. The fraction of sp³-hybridized carbons (Fsp3) is 0.727. The van der Waals surface area contributed by atoms with Gasteiger partial charge in [-0.15, -0.1) is 12.3 Å². The van der Waals surface area contributed by atoms with Gasteiger partial charge in [0.1, 0.15) is 0 Å². The lowest BCUT2D eigenvalue weighted by atomic mass is 9.89. The molecule has 1 N–H and O–H groups in total. The summed E-state index contributed by atoms with van der Waals surface area (Å²) in [4.78, 5) is 11.5. The van der Waals surface area contributed by atoms with Gasteiger partial charge >= 0.3 is 0 Å². The Balaban J connectivity index is 2.18.